The number of amides is 1. The standard InChI is InChI=1S/C18H19ClN2O4/c1-11-8-13(19)4-7-17(11)25-10-18(23)21-20-12(2)15-9-14(24-3)5-6-16(15)22/h4-9,22H,10H2,1-3H3,(H,21,23)/b20-12+. The Hall–Kier alpha value is -2.73. The van der Waals surface area contributed by atoms with Gasteiger partial charge in [-0.15, -0.1) is 0 Å². The average molecular weight is 363 g/mol. The zero-order valence-electron chi connectivity index (χ0n) is 14.2. The lowest BCUT2D eigenvalue weighted by molar-refractivity contribution is -0.123. The SMILES string of the molecule is COc1ccc(O)c(/C(C)=N/NC(=O)COc2ccc(Cl)cc2C)c1. The van der Waals surface area contributed by atoms with Crippen LogP contribution in [0.2, 0.25) is 5.02 Å². The predicted octanol–water partition coefficient (Wildman–Crippen LogP) is 3.28. The van der Waals surface area contributed by atoms with E-state index in [2.05, 4.69) is 10.5 Å². The number of carbonyl (C=O) groups excluding carboxylic acids is 1. The van der Waals surface area contributed by atoms with Crippen LogP contribution in [0.25, 0.3) is 0 Å². The van der Waals surface area contributed by atoms with E-state index < -0.39 is 5.91 Å². The second-order valence-electron chi connectivity index (χ2n) is 5.31. The fourth-order valence-electron chi connectivity index (χ4n) is 2.09. The maximum absolute atomic E-state index is 11.9. The number of hydrogen-bond acceptors (Lipinski definition) is 5. The summed E-state index contributed by atoms with van der Waals surface area (Å²) in [5, 5.41) is 14.5. The highest BCUT2D eigenvalue weighted by atomic mass is 35.5. The summed E-state index contributed by atoms with van der Waals surface area (Å²) in [7, 11) is 1.53. The fourth-order valence-corrected chi connectivity index (χ4v) is 2.32. The van der Waals surface area contributed by atoms with Gasteiger partial charge in [0.05, 0.1) is 12.8 Å². The number of carbonyl (C=O) groups is 1. The van der Waals surface area contributed by atoms with E-state index in [0.29, 0.717) is 27.8 Å². The number of phenolic OH excluding ortho intramolecular Hbond substituents is 1. The van der Waals surface area contributed by atoms with Gasteiger partial charge in [-0.25, -0.2) is 5.43 Å². The summed E-state index contributed by atoms with van der Waals surface area (Å²) >= 11 is 5.87. The molecule has 7 heteroatoms. The van der Waals surface area contributed by atoms with Crippen molar-refractivity contribution in [3.05, 3.63) is 52.5 Å². The number of methoxy groups -OCH3 is 1. The first-order valence-corrected chi connectivity index (χ1v) is 7.88. The van der Waals surface area contributed by atoms with Crippen LogP contribution in [0.3, 0.4) is 0 Å². The molecule has 0 saturated heterocycles. The van der Waals surface area contributed by atoms with E-state index in [1.165, 1.54) is 13.2 Å². The zero-order valence-corrected chi connectivity index (χ0v) is 14.9. The van der Waals surface area contributed by atoms with Crippen LogP contribution in [0.5, 0.6) is 17.2 Å². The Balaban J connectivity index is 1.97. The Morgan fingerprint density at radius 1 is 1.28 bits per heavy atom. The molecule has 0 saturated carbocycles. The highest BCUT2D eigenvalue weighted by molar-refractivity contribution is 6.30. The normalized spacial score (nSPS) is 11.1. The second kappa shape index (κ2) is 8.39. The molecule has 2 rings (SSSR count). The average Bonchev–Trinajstić information content (AvgIpc) is 2.59. The van der Waals surface area contributed by atoms with Gasteiger partial charge in [-0.3, -0.25) is 4.79 Å². The number of aryl methyl sites for hydroxylation is 1. The predicted molar refractivity (Wildman–Crippen MR) is 96.7 cm³/mol. The first-order chi connectivity index (χ1) is 11.9. The lowest BCUT2D eigenvalue weighted by atomic mass is 10.1. The molecule has 2 N–H and O–H groups in total. The van der Waals surface area contributed by atoms with Gasteiger partial charge < -0.3 is 14.6 Å². The number of ether oxygens (including phenoxy) is 2. The van der Waals surface area contributed by atoms with Gasteiger partial charge >= 0.3 is 0 Å². The Bertz CT molecular complexity index is 806. The number of hydrazone groups is 1. The molecule has 0 heterocycles. The summed E-state index contributed by atoms with van der Waals surface area (Å²) in [5.41, 5.74) is 4.13. The van der Waals surface area contributed by atoms with E-state index in [1.807, 2.05) is 6.92 Å². The van der Waals surface area contributed by atoms with E-state index in [-0.39, 0.29) is 12.4 Å². The van der Waals surface area contributed by atoms with Crippen molar-refractivity contribution in [2.45, 2.75) is 13.8 Å². The highest BCUT2D eigenvalue weighted by Gasteiger charge is 2.09. The summed E-state index contributed by atoms with van der Waals surface area (Å²) in [6.45, 7) is 3.31. The van der Waals surface area contributed by atoms with Crippen LogP contribution < -0.4 is 14.9 Å². The number of rotatable bonds is 6. The van der Waals surface area contributed by atoms with E-state index >= 15 is 0 Å². The molecule has 0 aliphatic carbocycles. The van der Waals surface area contributed by atoms with Gasteiger partial charge in [0.25, 0.3) is 5.91 Å². The van der Waals surface area contributed by atoms with Crippen molar-refractivity contribution in [3.63, 3.8) is 0 Å². The van der Waals surface area contributed by atoms with E-state index in [9.17, 15) is 9.90 Å². The number of nitrogens with one attached hydrogen (secondary N) is 1. The van der Waals surface area contributed by atoms with Crippen LogP contribution in [-0.4, -0.2) is 30.4 Å². The fraction of sp³-hybridized carbons (Fsp3) is 0.222. The van der Waals surface area contributed by atoms with Gasteiger partial charge in [-0.2, -0.15) is 5.10 Å². The third-order valence-corrected chi connectivity index (χ3v) is 3.67. The van der Waals surface area contributed by atoms with Crippen LogP contribution in [-0.2, 0) is 4.79 Å². The molecule has 0 aromatic heterocycles. The lowest BCUT2D eigenvalue weighted by Gasteiger charge is -2.09. The molecule has 6 nitrogen and oxygen atoms in total. The Kier molecular flexibility index (Phi) is 6.25. The molecule has 0 bridgehead atoms. The summed E-state index contributed by atoms with van der Waals surface area (Å²) in [6, 6.07) is 9.91. The minimum atomic E-state index is -0.420. The van der Waals surface area contributed by atoms with Crippen LogP contribution in [0.1, 0.15) is 18.1 Å². The maximum Gasteiger partial charge on any atom is 0.277 e. The number of phenols is 1. The number of benzene rings is 2. The molecule has 1 amide bonds. The molecule has 2 aromatic carbocycles. The van der Waals surface area contributed by atoms with Crippen LogP contribution in [0, 0.1) is 6.92 Å². The highest BCUT2D eigenvalue weighted by Crippen LogP contribution is 2.23. The molecule has 0 atom stereocenters. The van der Waals surface area contributed by atoms with E-state index in [1.54, 1.807) is 37.3 Å². The van der Waals surface area contributed by atoms with Gasteiger partial charge in [-0.05, 0) is 55.8 Å². The van der Waals surface area contributed by atoms with Crippen molar-refractivity contribution in [1.29, 1.82) is 0 Å². The van der Waals surface area contributed by atoms with Gasteiger partial charge in [0.2, 0.25) is 0 Å². The topological polar surface area (TPSA) is 80.2 Å². The van der Waals surface area contributed by atoms with Crippen molar-refractivity contribution >= 4 is 23.2 Å². The summed E-state index contributed by atoms with van der Waals surface area (Å²) in [4.78, 5) is 11.9. The molecule has 0 aliphatic heterocycles. The Morgan fingerprint density at radius 3 is 2.72 bits per heavy atom. The van der Waals surface area contributed by atoms with Gasteiger partial charge in [0, 0.05) is 10.6 Å². The van der Waals surface area contributed by atoms with Crippen molar-refractivity contribution in [2.24, 2.45) is 5.10 Å². The second-order valence-corrected chi connectivity index (χ2v) is 5.75. The molecule has 0 spiro atoms. The van der Waals surface area contributed by atoms with Crippen LogP contribution >= 0.6 is 11.6 Å². The summed E-state index contributed by atoms with van der Waals surface area (Å²) < 4.78 is 10.6. The smallest absolute Gasteiger partial charge is 0.277 e. The van der Waals surface area contributed by atoms with Crippen molar-refractivity contribution in [2.75, 3.05) is 13.7 Å². The largest absolute Gasteiger partial charge is 0.507 e. The minimum Gasteiger partial charge on any atom is -0.507 e. The summed E-state index contributed by atoms with van der Waals surface area (Å²) in [6.07, 6.45) is 0. The number of aromatic hydroxyl groups is 1. The van der Waals surface area contributed by atoms with E-state index in [0.717, 1.165) is 5.56 Å². The Morgan fingerprint density at radius 2 is 2.04 bits per heavy atom. The van der Waals surface area contributed by atoms with Crippen LogP contribution in [0.4, 0.5) is 0 Å². The zero-order chi connectivity index (χ0) is 18.4. The molecule has 2 aromatic rings. The first-order valence-electron chi connectivity index (χ1n) is 7.50. The minimum absolute atomic E-state index is 0.0457. The molecular formula is C18H19ClN2O4. The molecule has 0 aliphatic rings. The third kappa shape index (κ3) is 5.12. The Labute approximate surface area is 151 Å². The number of nitrogens with zero attached hydrogens (tertiary/aromatic N) is 1. The molecule has 0 fully saturated rings. The molecule has 0 unspecified atom stereocenters. The van der Waals surface area contributed by atoms with Crippen molar-refractivity contribution in [3.8, 4) is 17.2 Å². The molecule has 132 valence electrons. The monoisotopic (exact) mass is 362 g/mol. The van der Waals surface area contributed by atoms with Gasteiger partial charge in [0.15, 0.2) is 6.61 Å². The number of halogens is 1. The lowest BCUT2D eigenvalue weighted by Crippen LogP contribution is -2.25. The summed E-state index contributed by atoms with van der Waals surface area (Å²) in [5.74, 6) is 0.779. The van der Waals surface area contributed by atoms with Crippen LogP contribution in [0.15, 0.2) is 41.5 Å². The first kappa shape index (κ1) is 18.6. The van der Waals surface area contributed by atoms with Gasteiger partial charge in [-0.1, -0.05) is 11.6 Å². The quantitative estimate of drug-likeness (QED) is 0.610. The van der Waals surface area contributed by atoms with E-state index in [4.69, 9.17) is 21.1 Å². The molecular weight excluding hydrogens is 344 g/mol. The third-order valence-electron chi connectivity index (χ3n) is 3.44. The molecule has 25 heavy (non-hydrogen) atoms. The van der Waals surface area contributed by atoms with Gasteiger partial charge in [0.1, 0.15) is 17.2 Å². The number of hydrogen-bond donors (Lipinski definition) is 2. The maximum atomic E-state index is 11.9. The molecule has 0 radical (unpaired) electrons. The van der Waals surface area contributed by atoms with Crippen molar-refractivity contribution in [1.82, 2.24) is 5.43 Å². The van der Waals surface area contributed by atoms with Crippen molar-refractivity contribution < 1.29 is 19.4 Å².